The molecule has 1 unspecified atom stereocenters. The van der Waals surface area contributed by atoms with Gasteiger partial charge in [0, 0.05) is 12.5 Å². The van der Waals surface area contributed by atoms with Gasteiger partial charge in [-0.1, -0.05) is 57.0 Å². The second-order valence-corrected chi connectivity index (χ2v) is 5.63. The summed E-state index contributed by atoms with van der Waals surface area (Å²) >= 11 is 0. The van der Waals surface area contributed by atoms with Gasteiger partial charge in [-0.25, -0.2) is 5.48 Å². The van der Waals surface area contributed by atoms with Crippen LogP contribution in [0, 0.1) is 5.92 Å². The number of rotatable bonds is 6. The van der Waals surface area contributed by atoms with E-state index in [-0.39, 0.29) is 0 Å². The lowest BCUT2D eigenvalue weighted by Crippen LogP contribution is -2.28. The maximum Gasteiger partial charge on any atom is 0.0790 e. The van der Waals surface area contributed by atoms with Gasteiger partial charge in [0.15, 0.2) is 0 Å². The molecule has 1 N–H and O–H groups in total. The third-order valence-corrected chi connectivity index (χ3v) is 3.89. The highest BCUT2D eigenvalue weighted by Gasteiger charge is 2.18. The largest absolute Gasteiger partial charge is 0.298 e. The third-order valence-electron chi connectivity index (χ3n) is 3.89. The minimum atomic E-state index is 0.439. The van der Waals surface area contributed by atoms with E-state index < -0.39 is 0 Å². The fraction of sp³-hybridized carbons (Fsp3) is 0.625. The van der Waals surface area contributed by atoms with Crippen molar-refractivity contribution in [3.8, 4) is 0 Å². The Labute approximate surface area is 111 Å². The molecule has 2 nitrogen and oxygen atoms in total. The fourth-order valence-electron chi connectivity index (χ4n) is 2.70. The Morgan fingerprint density at radius 1 is 1.17 bits per heavy atom. The smallest absolute Gasteiger partial charge is 0.0790 e. The first-order valence-electron chi connectivity index (χ1n) is 7.21. The van der Waals surface area contributed by atoms with Crippen molar-refractivity contribution in [1.29, 1.82) is 0 Å². The molecule has 1 atom stereocenters. The lowest BCUT2D eigenvalue weighted by molar-refractivity contribution is -0.0246. The Bertz CT molecular complexity index is 330. The monoisotopic (exact) mass is 247 g/mol. The quantitative estimate of drug-likeness (QED) is 0.770. The van der Waals surface area contributed by atoms with Crippen molar-refractivity contribution >= 4 is 0 Å². The molecule has 0 bridgehead atoms. The van der Waals surface area contributed by atoms with Crippen LogP contribution in [-0.2, 0) is 4.84 Å². The van der Waals surface area contributed by atoms with Gasteiger partial charge in [-0.3, -0.25) is 4.84 Å². The molecule has 0 heterocycles. The van der Waals surface area contributed by atoms with Crippen LogP contribution in [0.15, 0.2) is 30.3 Å². The summed E-state index contributed by atoms with van der Waals surface area (Å²) in [7, 11) is 0. The van der Waals surface area contributed by atoms with Gasteiger partial charge in [0.25, 0.3) is 0 Å². The highest BCUT2D eigenvalue weighted by Crippen LogP contribution is 2.24. The van der Waals surface area contributed by atoms with Crippen LogP contribution >= 0.6 is 0 Å². The minimum Gasteiger partial charge on any atom is -0.298 e. The molecule has 0 radical (unpaired) electrons. The van der Waals surface area contributed by atoms with Gasteiger partial charge >= 0.3 is 0 Å². The maximum atomic E-state index is 5.76. The molecule has 2 rings (SSSR count). The van der Waals surface area contributed by atoms with Crippen molar-refractivity contribution in [2.75, 3.05) is 6.54 Å². The van der Waals surface area contributed by atoms with Crippen LogP contribution in [-0.4, -0.2) is 12.6 Å². The summed E-state index contributed by atoms with van der Waals surface area (Å²) in [5, 5.41) is 0. The second kappa shape index (κ2) is 6.91. The average Bonchev–Trinajstić information content (AvgIpc) is 2.88. The number of nitrogens with one attached hydrogen (secondary N) is 1. The van der Waals surface area contributed by atoms with Gasteiger partial charge in [-0.05, 0) is 24.3 Å². The molecule has 1 aliphatic carbocycles. The molecule has 1 aromatic carbocycles. The van der Waals surface area contributed by atoms with E-state index in [2.05, 4.69) is 49.7 Å². The summed E-state index contributed by atoms with van der Waals surface area (Å²) in [5.41, 5.74) is 4.61. The normalized spacial score (nSPS) is 18.4. The van der Waals surface area contributed by atoms with E-state index in [1.165, 1.54) is 31.2 Å². The standard InChI is InChI=1S/C16H25NO/c1-13(2)16(14-8-4-3-5-9-14)12-17-18-15-10-6-7-11-15/h3-5,8-9,13,15-17H,6-7,10-12H2,1-2H3. The summed E-state index contributed by atoms with van der Waals surface area (Å²) in [5.74, 6) is 1.14. The van der Waals surface area contributed by atoms with Gasteiger partial charge in [-0.2, -0.15) is 0 Å². The van der Waals surface area contributed by atoms with E-state index in [4.69, 9.17) is 4.84 Å². The van der Waals surface area contributed by atoms with Crippen molar-refractivity contribution in [3.05, 3.63) is 35.9 Å². The minimum absolute atomic E-state index is 0.439. The van der Waals surface area contributed by atoms with Crippen LogP contribution in [0.25, 0.3) is 0 Å². The zero-order valence-electron chi connectivity index (χ0n) is 11.6. The summed E-state index contributed by atoms with van der Waals surface area (Å²) in [4.78, 5) is 5.76. The van der Waals surface area contributed by atoms with Gasteiger partial charge in [0.2, 0.25) is 0 Å². The number of benzene rings is 1. The van der Waals surface area contributed by atoms with Gasteiger partial charge in [0.1, 0.15) is 0 Å². The lowest BCUT2D eigenvalue weighted by Gasteiger charge is -2.22. The highest BCUT2D eigenvalue weighted by atomic mass is 16.7. The van der Waals surface area contributed by atoms with Gasteiger partial charge in [0.05, 0.1) is 6.10 Å². The van der Waals surface area contributed by atoms with E-state index in [1.54, 1.807) is 0 Å². The summed E-state index contributed by atoms with van der Waals surface area (Å²) < 4.78 is 0. The molecule has 0 aliphatic heterocycles. The molecule has 1 aliphatic rings. The topological polar surface area (TPSA) is 21.3 Å². The molecular weight excluding hydrogens is 222 g/mol. The molecule has 0 spiro atoms. The van der Waals surface area contributed by atoms with E-state index in [0.717, 1.165) is 6.54 Å². The zero-order valence-corrected chi connectivity index (χ0v) is 11.6. The SMILES string of the molecule is CC(C)C(CNOC1CCCC1)c1ccccc1. The van der Waals surface area contributed by atoms with Crippen LogP contribution in [0.2, 0.25) is 0 Å². The second-order valence-electron chi connectivity index (χ2n) is 5.63. The van der Waals surface area contributed by atoms with Crippen molar-refractivity contribution in [1.82, 2.24) is 5.48 Å². The van der Waals surface area contributed by atoms with Crippen molar-refractivity contribution in [3.63, 3.8) is 0 Å². The average molecular weight is 247 g/mol. The molecule has 0 saturated heterocycles. The summed E-state index contributed by atoms with van der Waals surface area (Å²) in [6.07, 6.45) is 5.50. The number of hydrogen-bond donors (Lipinski definition) is 1. The lowest BCUT2D eigenvalue weighted by atomic mass is 9.89. The van der Waals surface area contributed by atoms with Crippen LogP contribution in [0.4, 0.5) is 0 Å². The Morgan fingerprint density at radius 3 is 2.44 bits per heavy atom. The van der Waals surface area contributed by atoms with E-state index in [1.807, 2.05) is 0 Å². The van der Waals surface area contributed by atoms with Crippen LogP contribution in [0.3, 0.4) is 0 Å². The first-order valence-corrected chi connectivity index (χ1v) is 7.21. The molecule has 0 aromatic heterocycles. The van der Waals surface area contributed by atoms with Crippen LogP contribution in [0.1, 0.15) is 51.0 Å². The molecule has 100 valence electrons. The molecule has 1 fully saturated rings. The first kappa shape index (κ1) is 13.6. The Balaban J connectivity index is 1.83. The third kappa shape index (κ3) is 3.82. The van der Waals surface area contributed by atoms with E-state index in [0.29, 0.717) is 17.9 Å². The molecule has 0 amide bonds. The molecule has 18 heavy (non-hydrogen) atoms. The summed E-state index contributed by atoms with van der Waals surface area (Å²) in [6.45, 7) is 5.45. The molecule has 1 aromatic rings. The molecule has 2 heteroatoms. The van der Waals surface area contributed by atoms with Gasteiger partial charge < -0.3 is 0 Å². The summed E-state index contributed by atoms with van der Waals surface area (Å²) in [6, 6.07) is 10.7. The Morgan fingerprint density at radius 2 is 1.83 bits per heavy atom. The van der Waals surface area contributed by atoms with E-state index >= 15 is 0 Å². The van der Waals surface area contributed by atoms with Crippen molar-refractivity contribution in [2.24, 2.45) is 5.92 Å². The number of hydroxylamine groups is 1. The van der Waals surface area contributed by atoms with Crippen molar-refractivity contribution in [2.45, 2.75) is 51.6 Å². The van der Waals surface area contributed by atoms with E-state index in [9.17, 15) is 0 Å². The fourth-order valence-corrected chi connectivity index (χ4v) is 2.70. The van der Waals surface area contributed by atoms with Crippen molar-refractivity contribution < 1.29 is 4.84 Å². The maximum absolute atomic E-state index is 5.76. The predicted octanol–water partition coefficient (Wildman–Crippen LogP) is 3.89. The Kier molecular flexibility index (Phi) is 5.21. The predicted molar refractivity (Wildman–Crippen MR) is 75.4 cm³/mol. The first-order chi connectivity index (χ1) is 8.77. The number of hydrogen-bond acceptors (Lipinski definition) is 2. The zero-order chi connectivity index (χ0) is 12.8. The Hall–Kier alpha value is -0.860. The highest BCUT2D eigenvalue weighted by molar-refractivity contribution is 5.20. The van der Waals surface area contributed by atoms with Crippen LogP contribution < -0.4 is 5.48 Å². The molecular formula is C16H25NO. The molecule has 1 saturated carbocycles. The van der Waals surface area contributed by atoms with Crippen LogP contribution in [0.5, 0.6) is 0 Å². The van der Waals surface area contributed by atoms with Gasteiger partial charge in [-0.15, -0.1) is 0 Å².